The number of nitrogens with zero attached hydrogens (tertiary/aromatic N) is 3. The summed E-state index contributed by atoms with van der Waals surface area (Å²) in [5, 5.41) is 19.3. The number of piperidine rings is 1. The molecule has 144 valence electrons. The van der Waals surface area contributed by atoms with Crippen molar-refractivity contribution in [2.24, 2.45) is 0 Å². The molecule has 0 spiro atoms. The van der Waals surface area contributed by atoms with Crippen molar-refractivity contribution in [3.05, 3.63) is 41.3 Å². The van der Waals surface area contributed by atoms with Gasteiger partial charge in [-0.2, -0.15) is 5.10 Å². The minimum atomic E-state index is -0.165. The summed E-state index contributed by atoms with van der Waals surface area (Å²) in [7, 11) is 0. The third-order valence-electron chi connectivity index (χ3n) is 5.49. The average molecular weight is 369 g/mol. The maximum atomic E-state index is 12.3. The van der Waals surface area contributed by atoms with Crippen molar-refractivity contribution in [1.29, 1.82) is 0 Å². The SMILES string of the molecule is O=C(NCc1ccc(N2CCCC[C@@H]2CCO)nc1)c1cc(C2CC2)[nH]n1. The zero-order chi connectivity index (χ0) is 18.6. The highest BCUT2D eigenvalue weighted by molar-refractivity contribution is 5.92. The van der Waals surface area contributed by atoms with E-state index in [-0.39, 0.29) is 12.5 Å². The lowest BCUT2D eigenvalue weighted by Crippen LogP contribution is -2.40. The first kappa shape index (κ1) is 18.0. The Balaban J connectivity index is 1.33. The number of aliphatic hydroxyl groups is 1. The summed E-state index contributed by atoms with van der Waals surface area (Å²) in [6, 6.07) is 6.23. The molecule has 1 amide bonds. The van der Waals surface area contributed by atoms with Crippen LogP contribution < -0.4 is 10.2 Å². The lowest BCUT2D eigenvalue weighted by molar-refractivity contribution is 0.0946. The van der Waals surface area contributed by atoms with Gasteiger partial charge in [-0.05, 0) is 56.2 Å². The molecule has 0 aromatic carbocycles. The van der Waals surface area contributed by atoms with Gasteiger partial charge in [0.15, 0.2) is 0 Å². The number of anilines is 1. The van der Waals surface area contributed by atoms with E-state index in [2.05, 4.69) is 25.4 Å². The summed E-state index contributed by atoms with van der Waals surface area (Å²) >= 11 is 0. The Labute approximate surface area is 159 Å². The predicted octanol–water partition coefficient (Wildman–Crippen LogP) is 2.35. The number of H-pyrrole nitrogens is 1. The molecule has 7 heteroatoms. The van der Waals surface area contributed by atoms with Crippen LogP contribution in [0.15, 0.2) is 24.4 Å². The number of carbonyl (C=O) groups is 1. The molecule has 2 aromatic heterocycles. The molecular weight excluding hydrogens is 342 g/mol. The van der Waals surface area contributed by atoms with Crippen molar-refractivity contribution < 1.29 is 9.90 Å². The van der Waals surface area contributed by atoms with Gasteiger partial charge in [0.1, 0.15) is 11.5 Å². The Hall–Kier alpha value is -2.41. The van der Waals surface area contributed by atoms with E-state index in [9.17, 15) is 9.90 Å². The zero-order valence-corrected chi connectivity index (χ0v) is 15.5. The lowest BCUT2D eigenvalue weighted by atomic mass is 9.99. The minimum Gasteiger partial charge on any atom is -0.396 e. The molecule has 1 saturated heterocycles. The van der Waals surface area contributed by atoms with Crippen molar-refractivity contribution in [2.45, 2.75) is 57.0 Å². The van der Waals surface area contributed by atoms with Crippen LogP contribution in [0.4, 0.5) is 5.82 Å². The Bertz CT molecular complexity index is 767. The molecule has 1 aliphatic carbocycles. The number of hydrogen-bond donors (Lipinski definition) is 3. The second-order valence-corrected chi connectivity index (χ2v) is 7.55. The summed E-state index contributed by atoms with van der Waals surface area (Å²) < 4.78 is 0. The first-order valence-corrected chi connectivity index (χ1v) is 9.90. The standard InChI is InChI=1S/C20H27N5O2/c26-10-8-16-3-1-2-9-25(16)19-7-4-14(12-21-19)13-22-20(27)18-11-17(23-24-18)15-5-6-15/h4,7,11-12,15-16,26H,1-3,5-6,8-10,13H2,(H,22,27)(H,23,24)/t16-/m1/s1. The molecule has 2 fully saturated rings. The number of pyridine rings is 1. The summed E-state index contributed by atoms with van der Waals surface area (Å²) in [4.78, 5) is 19.1. The van der Waals surface area contributed by atoms with Crippen molar-refractivity contribution in [1.82, 2.24) is 20.5 Å². The number of aromatic amines is 1. The predicted molar refractivity (Wildman–Crippen MR) is 103 cm³/mol. The van der Waals surface area contributed by atoms with E-state index >= 15 is 0 Å². The van der Waals surface area contributed by atoms with Gasteiger partial charge in [-0.1, -0.05) is 6.07 Å². The highest BCUT2D eigenvalue weighted by Crippen LogP contribution is 2.38. The van der Waals surface area contributed by atoms with Crippen LogP contribution >= 0.6 is 0 Å². The average Bonchev–Trinajstić information content (AvgIpc) is 3.44. The van der Waals surface area contributed by atoms with Gasteiger partial charge in [-0.3, -0.25) is 9.89 Å². The highest BCUT2D eigenvalue weighted by Gasteiger charge is 2.26. The molecule has 27 heavy (non-hydrogen) atoms. The Morgan fingerprint density at radius 3 is 2.93 bits per heavy atom. The molecule has 3 heterocycles. The van der Waals surface area contributed by atoms with Gasteiger partial charge in [-0.15, -0.1) is 0 Å². The molecule has 1 saturated carbocycles. The van der Waals surface area contributed by atoms with Crippen LogP contribution in [0.1, 0.15) is 66.2 Å². The largest absolute Gasteiger partial charge is 0.396 e. The van der Waals surface area contributed by atoms with E-state index in [1.807, 2.05) is 24.4 Å². The number of hydrogen-bond acceptors (Lipinski definition) is 5. The fraction of sp³-hybridized carbons (Fsp3) is 0.550. The topological polar surface area (TPSA) is 94.1 Å². The number of rotatable bonds is 7. The summed E-state index contributed by atoms with van der Waals surface area (Å²) in [5.74, 6) is 1.34. The molecule has 0 radical (unpaired) electrons. The molecule has 4 rings (SSSR count). The number of aromatic nitrogens is 3. The number of aliphatic hydroxyl groups excluding tert-OH is 1. The van der Waals surface area contributed by atoms with Crippen molar-refractivity contribution in [3.63, 3.8) is 0 Å². The summed E-state index contributed by atoms with van der Waals surface area (Å²) in [6.45, 7) is 1.62. The smallest absolute Gasteiger partial charge is 0.272 e. The van der Waals surface area contributed by atoms with Gasteiger partial charge >= 0.3 is 0 Å². The van der Waals surface area contributed by atoms with Crippen LogP contribution in [-0.4, -0.2) is 45.4 Å². The zero-order valence-electron chi connectivity index (χ0n) is 15.5. The van der Waals surface area contributed by atoms with Crippen LogP contribution in [0.25, 0.3) is 0 Å². The second kappa shape index (κ2) is 8.08. The molecular formula is C20H27N5O2. The summed E-state index contributed by atoms with van der Waals surface area (Å²) in [5.41, 5.74) is 2.47. The van der Waals surface area contributed by atoms with Crippen LogP contribution in [0.2, 0.25) is 0 Å². The fourth-order valence-electron chi connectivity index (χ4n) is 3.77. The van der Waals surface area contributed by atoms with E-state index in [1.165, 1.54) is 19.3 Å². The third-order valence-corrected chi connectivity index (χ3v) is 5.49. The number of carbonyl (C=O) groups excluding carboxylic acids is 1. The van der Waals surface area contributed by atoms with Gasteiger partial charge in [0.2, 0.25) is 0 Å². The van der Waals surface area contributed by atoms with Crippen molar-refractivity contribution >= 4 is 11.7 Å². The van der Waals surface area contributed by atoms with E-state index in [0.29, 0.717) is 24.2 Å². The molecule has 3 N–H and O–H groups in total. The van der Waals surface area contributed by atoms with Gasteiger partial charge < -0.3 is 15.3 Å². The molecule has 2 aliphatic rings. The van der Waals surface area contributed by atoms with Gasteiger partial charge in [-0.25, -0.2) is 4.98 Å². The first-order chi connectivity index (χ1) is 13.2. The maximum absolute atomic E-state index is 12.3. The summed E-state index contributed by atoms with van der Waals surface area (Å²) in [6.07, 6.45) is 8.43. The lowest BCUT2D eigenvalue weighted by Gasteiger charge is -2.36. The quantitative estimate of drug-likeness (QED) is 0.696. The highest BCUT2D eigenvalue weighted by atomic mass is 16.3. The van der Waals surface area contributed by atoms with E-state index in [0.717, 1.165) is 42.9 Å². The number of nitrogens with one attached hydrogen (secondary N) is 2. The molecule has 0 unspecified atom stereocenters. The molecule has 0 bridgehead atoms. The Kier molecular flexibility index (Phi) is 5.38. The minimum absolute atomic E-state index is 0.165. The first-order valence-electron chi connectivity index (χ1n) is 9.90. The van der Waals surface area contributed by atoms with Gasteiger partial charge in [0, 0.05) is 43.5 Å². The Morgan fingerprint density at radius 2 is 2.19 bits per heavy atom. The molecule has 2 aromatic rings. The van der Waals surface area contributed by atoms with E-state index in [4.69, 9.17) is 0 Å². The molecule has 1 aliphatic heterocycles. The van der Waals surface area contributed by atoms with Crippen LogP contribution in [-0.2, 0) is 6.54 Å². The molecule has 7 nitrogen and oxygen atoms in total. The normalized spacial score (nSPS) is 19.9. The maximum Gasteiger partial charge on any atom is 0.272 e. The monoisotopic (exact) mass is 369 g/mol. The third kappa shape index (κ3) is 4.30. The van der Waals surface area contributed by atoms with Gasteiger partial charge in [0.05, 0.1) is 0 Å². The van der Waals surface area contributed by atoms with Crippen molar-refractivity contribution in [2.75, 3.05) is 18.1 Å². The van der Waals surface area contributed by atoms with Crippen LogP contribution in [0.3, 0.4) is 0 Å². The van der Waals surface area contributed by atoms with Crippen LogP contribution in [0, 0.1) is 0 Å². The second-order valence-electron chi connectivity index (χ2n) is 7.55. The Morgan fingerprint density at radius 1 is 1.30 bits per heavy atom. The number of amides is 1. The van der Waals surface area contributed by atoms with Crippen molar-refractivity contribution in [3.8, 4) is 0 Å². The van der Waals surface area contributed by atoms with E-state index < -0.39 is 0 Å². The van der Waals surface area contributed by atoms with E-state index in [1.54, 1.807) is 0 Å². The fourth-order valence-corrected chi connectivity index (χ4v) is 3.77. The molecule has 1 atom stereocenters. The van der Waals surface area contributed by atoms with Gasteiger partial charge in [0.25, 0.3) is 5.91 Å². The van der Waals surface area contributed by atoms with Crippen LogP contribution in [0.5, 0.6) is 0 Å².